The van der Waals surface area contributed by atoms with Gasteiger partial charge < -0.3 is 14.9 Å². The summed E-state index contributed by atoms with van der Waals surface area (Å²) >= 11 is 5.84. The van der Waals surface area contributed by atoms with Crippen LogP contribution >= 0.6 is 11.6 Å². The van der Waals surface area contributed by atoms with Gasteiger partial charge in [0.1, 0.15) is 5.75 Å². The Hall–Kier alpha value is -1.26. The van der Waals surface area contributed by atoms with Crippen molar-refractivity contribution < 1.29 is 9.90 Å². The molecule has 4 nitrogen and oxygen atoms in total. The molecule has 2 aliphatic heterocycles. The fraction of sp³-hybridized carbons (Fsp3) is 0.611. The van der Waals surface area contributed by atoms with Crippen molar-refractivity contribution in [3.05, 3.63) is 28.8 Å². The van der Waals surface area contributed by atoms with Crippen LogP contribution < -0.4 is 0 Å². The summed E-state index contributed by atoms with van der Waals surface area (Å²) in [5.74, 6) is -0.112. The highest BCUT2D eigenvalue weighted by molar-refractivity contribution is 6.30. The Morgan fingerprint density at radius 2 is 1.83 bits per heavy atom. The molecule has 1 spiro atoms. The van der Waals surface area contributed by atoms with E-state index < -0.39 is 0 Å². The Kier molecular flexibility index (Phi) is 4.83. The first-order valence-electron chi connectivity index (χ1n) is 8.45. The number of aromatic hydroxyl groups is 1. The molecule has 1 aromatic rings. The van der Waals surface area contributed by atoms with Gasteiger partial charge in [-0.25, -0.2) is 0 Å². The minimum absolute atomic E-state index is 0.0288. The van der Waals surface area contributed by atoms with Crippen LogP contribution in [0.5, 0.6) is 5.75 Å². The number of likely N-dealkylation sites (tertiary alicyclic amines) is 2. The Morgan fingerprint density at radius 1 is 1.13 bits per heavy atom. The second kappa shape index (κ2) is 6.70. The van der Waals surface area contributed by atoms with Crippen LogP contribution in [0.1, 0.15) is 42.5 Å². The zero-order valence-corrected chi connectivity index (χ0v) is 14.5. The molecule has 1 N–H and O–H groups in total. The normalized spacial score (nSPS) is 22.1. The van der Waals surface area contributed by atoms with E-state index in [0.29, 0.717) is 16.0 Å². The van der Waals surface area contributed by atoms with E-state index in [-0.39, 0.29) is 11.7 Å². The van der Waals surface area contributed by atoms with Crippen molar-refractivity contribution in [1.82, 2.24) is 9.80 Å². The maximum atomic E-state index is 12.6. The molecule has 0 aromatic heterocycles. The van der Waals surface area contributed by atoms with E-state index in [9.17, 15) is 9.90 Å². The molecule has 2 heterocycles. The van der Waals surface area contributed by atoms with E-state index in [0.717, 1.165) is 32.5 Å². The lowest BCUT2D eigenvalue weighted by Crippen LogP contribution is -2.43. The van der Waals surface area contributed by atoms with Gasteiger partial charge in [-0.1, -0.05) is 11.6 Å². The zero-order valence-electron chi connectivity index (χ0n) is 13.7. The number of carbonyl (C=O) groups is 1. The molecular weight excluding hydrogens is 312 g/mol. The summed E-state index contributed by atoms with van der Waals surface area (Å²) in [6.07, 6.45) is 5.90. The number of hydrogen-bond acceptors (Lipinski definition) is 3. The highest BCUT2D eigenvalue weighted by atomic mass is 35.5. The maximum absolute atomic E-state index is 12.6. The molecule has 0 atom stereocenters. The molecule has 0 aliphatic carbocycles. The topological polar surface area (TPSA) is 43.8 Å². The van der Waals surface area contributed by atoms with E-state index in [2.05, 4.69) is 11.9 Å². The number of benzene rings is 1. The van der Waals surface area contributed by atoms with Crippen molar-refractivity contribution in [1.29, 1.82) is 0 Å². The molecule has 0 unspecified atom stereocenters. The lowest BCUT2D eigenvalue weighted by atomic mass is 9.73. The summed E-state index contributed by atoms with van der Waals surface area (Å²) in [5, 5.41) is 10.4. The molecule has 5 heteroatoms. The second-order valence-electron chi connectivity index (χ2n) is 7.11. The highest BCUT2D eigenvalue weighted by Gasteiger charge is 2.37. The summed E-state index contributed by atoms with van der Waals surface area (Å²) in [5.41, 5.74) is 0.759. The summed E-state index contributed by atoms with van der Waals surface area (Å²) in [6, 6.07) is 4.70. The van der Waals surface area contributed by atoms with Gasteiger partial charge >= 0.3 is 0 Å². The number of phenols is 1. The van der Waals surface area contributed by atoms with Crippen LogP contribution in [0.3, 0.4) is 0 Å². The largest absolute Gasteiger partial charge is 0.507 e. The van der Waals surface area contributed by atoms with Gasteiger partial charge in [-0.05, 0) is 75.9 Å². The highest BCUT2D eigenvalue weighted by Crippen LogP contribution is 2.41. The van der Waals surface area contributed by atoms with E-state index in [4.69, 9.17) is 11.6 Å². The number of carbonyl (C=O) groups excluding carboxylic acids is 1. The van der Waals surface area contributed by atoms with Crippen molar-refractivity contribution in [2.24, 2.45) is 5.41 Å². The summed E-state index contributed by atoms with van der Waals surface area (Å²) in [7, 11) is 2.20. The third-order valence-corrected chi connectivity index (χ3v) is 5.81. The van der Waals surface area contributed by atoms with Crippen LogP contribution in [-0.2, 0) is 0 Å². The molecule has 0 bridgehead atoms. The van der Waals surface area contributed by atoms with Gasteiger partial charge in [-0.15, -0.1) is 0 Å². The quantitative estimate of drug-likeness (QED) is 0.855. The molecule has 2 aliphatic rings. The van der Waals surface area contributed by atoms with E-state index in [1.165, 1.54) is 31.9 Å². The van der Waals surface area contributed by atoms with E-state index in [1.807, 2.05) is 4.90 Å². The van der Waals surface area contributed by atoms with Crippen LogP contribution in [0, 0.1) is 5.41 Å². The summed E-state index contributed by atoms with van der Waals surface area (Å²) < 4.78 is 0. The summed E-state index contributed by atoms with van der Waals surface area (Å²) in [6.45, 7) is 3.91. The standard InChI is InChI=1S/C18H25ClN2O2/c1-20-9-2-5-18(6-10-20)7-11-21(12-8-18)17(23)15-4-3-14(19)13-16(15)22/h3-4,13,22H,2,5-12H2,1H3. The number of halogens is 1. The van der Waals surface area contributed by atoms with Crippen LogP contribution in [0.4, 0.5) is 0 Å². The second-order valence-corrected chi connectivity index (χ2v) is 7.55. The average Bonchev–Trinajstić information content (AvgIpc) is 2.70. The first-order valence-corrected chi connectivity index (χ1v) is 8.83. The van der Waals surface area contributed by atoms with Gasteiger partial charge in [0, 0.05) is 18.1 Å². The molecule has 23 heavy (non-hydrogen) atoms. The molecule has 1 amide bonds. The molecule has 126 valence electrons. The Morgan fingerprint density at radius 3 is 2.52 bits per heavy atom. The van der Waals surface area contributed by atoms with E-state index in [1.54, 1.807) is 12.1 Å². The fourth-order valence-corrected chi connectivity index (χ4v) is 4.10. The molecule has 2 fully saturated rings. The lowest BCUT2D eigenvalue weighted by molar-refractivity contribution is 0.0540. The Labute approximate surface area is 143 Å². The Bertz CT molecular complexity index is 582. The molecule has 2 saturated heterocycles. The average molecular weight is 337 g/mol. The first-order chi connectivity index (χ1) is 11.0. The van der Waals surface area contributed by atoms with Crippen molar-refractivity contribution in [3.63, 3.8) is 0 Å². The number of hydrogen-bond donors (Lipinski definition) is 1. The maximum Gasteiger partial charge on any atom is 0.257 e. The predicted molar refractivity (Wildman–Crippen MR) is 92.0 cm³/mol. The van der Waals surface area contributed by atoms with Crippen molar-refractivity contribution in [2.75, 3.05) is 33.2 Å². The number of phenolic OH excluding ortho intramolecular Hbond substituents is 1. The van der Waals surface area contributed by atoms with E-state index >= 15 is 0 Å². The summed E-state index contributed by atoms with van der Waals surface area (Å²) in [4.78, 5) is 16.9. The van der Waals surface area contributed by atoms with Crippen LogP contribution in [-0.4, -0.2) is 54.0 Å². The number of nitrogens with zero attached hydrogens (tertiary/aromatic N) is 2. The number of amides is 1. The van der Waals surface area contributed by atoms with Gasteiger partial charge in [-0.2, -0.15) is 0 Å². The third-order valence-electron chi connectivity index (χ3n) is 5.57. The zero-order chi connectivity index (χ0) is 16.4. The van der Waals surface area contributed by atoms with Gasteiger partial charge in [0.15, 0.2) is 0 Å². The van der Waals surface area contributed by atoms with Gasteiger partial charge in [0.05, 0.1) is 5.56 Å². The monoisotopic (exact) mass is 336 g/mol. The first kappa shape index (κ1) is 16.6. The fourth-order valence-electron chi connectivity index (χ4n) is 3.93. The number of rotatable bonds is 1. The molecular formula is C18H25ClN2O2. The Balaban J connectivity index is 1.65. The smallest absolute Gasteiger partial charge is 0.257 e. The molecule has 1 aromatic carbocycles. The lowest BCUT2D eigenvalue weighted by Gasteiger charge is -2.41. The molecule has 0 radical (unpaired) electrons. The molecule has 0 saturated carbocycles. The van der Waals surface area contributed by atoms with Gasteiger partial charge in [-0.3, -0.25) is 4.79 Å². The SMILES string of the molecule is CN1CCCC2(CC1)CCN(C(=O)c1ccc(Cl)cc1O)CC2. The van der Waals surface area contributed by atoms with Gasteiger partial charge in [0.2, 0.25) is 0 Å². The van der Waals surface area contributed by atoms with Crippen LogP contribution in [0.15, 0.2) is 18.2 Å². The predicted octanol–water partition coefficient (Wildman–Crippen LogP) is 3.38. The van der Waals surface area contributed by atoms with Crippen LogP contribution in [0.2, 0.25) is 5.02 Å². The molecule has 3 rings (SSSR count). The third kappa shape index (κ3) is 3.64. The van der Waals surface area contributed by atoms with Crippen molar-refractivity contribution in [3.8, 4) is 5.75 Å². The van der Waals surface area contributed by atoms with Gasteiger partial charge in [0.25, 0.3) is 5.91 Å². The minimum Gasteiger partial charge on any atom is -0.507 e. The van der Waals surface area contributed by atoms with Crippen molar-refractivity contribution in [2.45, 2.75) is 32.1 Å². The van der Waals surface area contributed by atoms with Crippen molar-refractivity contribution >= 4 is 17.5 Å². The minimum atomic E-state index is -0.0836. The number of piperidine rings is 1. The van der Waals surface area contributed by atoms with Crippen LogP contribution in [0.25, 0.3) is 0 Å².